The molecule has 5 rings (SSSR count). The maximum atomic E-state index is 15.2. The van der Waals surface area contributed by atoms with E-state index in [2.05, 4.69) is 21.5 Å². The van der Waals surface area contributed by atoms with Gasteiger partial charge in [-0.1, -0.05) is 17.7 Å². The number of anilines is 1. The lowest BCUT2D eigenvalue weighted by Crippen LogP contribution is -2.32. The number of benzene rings is 2. The molecule has 5 N–H and O–H groups in total. The molecule has 1 atom stereocenters. The first kappa shape index (κ1) is 26.0. The molecule has 1 saturated carbocycles. The van der Waals surface area contributed by atoms with Gasteiger partial charge in [-0.15, -0.1) is 0 Å². The number of fused-ring (bicyclic) bond motifs is 1. The Morgan fingerprint density at radius 2 is 1.85 bits per heavy atom. The van der Waals surface area contributed by atoms with Crippen molar-refractivity contribution < 1.29 is 23.1 Å². The van der Waals surface area contributed by atoms with Crippen molar-refractivity contribution in [1.29, 1.82) is 0 Å². The lowest BCUT2D eigenvalue weighted by atomic mass is 9.90. The zero-order valence-corrected chi connectivity index (χ0v) is 20.8. The molecule has 2 heterocycles. The Kier molecular flexibility index (Phi) is 7.33. The average molecular weight is 533 g/mol. The number of halogens is 2. The fraction of sp³-hybridized carbons (Fsp3) is 0.214. The van der Waals surface area contributed by atoms with E-state index in [0.29, 0.717) is 5.52 Å². The van der Waals surface area contributed by atoms with Gasteiger partial charge in [-0.3, -0.25) is 9.59 Å². The summed E-state index contributed by atoms with van der Waals surface area (Å²) in [7, 11) is 0. The summed E-state index contributed by atoms with van der Waals surface area (Å²) >= 11 is 0. The second-order valence-corrected chi connectivity index (χ2v) is 9.39. The number of hydrogen-bond acceptors (Lipinski definition) is 6. The molecular formula is C28H26F2N6O3. The number of rotatable bonds is 7. The lowest BCUT2D eigenvalue weighted by Gasteiger charge is -2.20. The predicted molar refractivity (Wildman–Crippen MR) is 141 cm³/mol. The van der Waals surface area contributed by atoms with Crippen LogP contribution in [0.1, 0.15) is 42.7 Å². The number of nitrogens with one attached hydrogen (secondary N) is 1. The molecule has 39 heavy (non-hydrogen) atoms. The average Bonchev–Trinajstić information content (AvgIpc) is 3.32. The largest absolute Gasteiger partial charge is 0.434 e. The predicted octanol–water partition coefficient (Wildman–Crippen LogP) is 4.29. The van der Waals surface area contributed by atoms with Crippen LogP contribution in [0.3, 0.4) is 0 Å². The zero-order valence-electron chi connectivity index (χ0n) is 20.8. The van der Waals surface area contributed by atoms with Crippen LogP contribution in [0.25, 0.3) is 11.6 Å². The van der Waals surface area contributed by atoms with Crippen molar-refractivity contribution in [2.45, 2.75) is 37.6 Å². The lowest BCUT2D eigenvalue weighted by molar-refractivity contribution is -0.127. The van der Waals surface area contributed by atoms with E-state index in [0.717, 1.165) is 49.4 Å². The zero-order chi connectivity index (χ0) is 27.5. The molecule has 1 aliphatic carbocycles. The minimum absolute atomic E-state index is 0.0309. The molecule has 1 unspecified atom stereocenters. The Morgan fingerprint density at radius 1 is 1.10 bits per heavy atom. The van der Waals surface area contributed by atoms with Crippen LogP contribution >= 0.6 is 0 Å². The number of aromatic nitrogens is 3. The van der Waals surface area contributed by atoms with E-state index in [1.54, 1.807) is 10.7 Å². The first-order chi connectivity index (χ1) is 18.8. The summed E-state index contributed by atoms with van der Waals surface area (Å²) in [5, 5.41) is 6.70. The number of carbonyl (C=O) groups excluding carboxylic acids is 2. The van der Waals surface area contributed by atoms with Crippen LogP contribution < -0.4 is 21.5 Å². The van der Waals surface area contributed by atoms with E-state index in [-0.39, 0.29) is 28.9 Å². The number of ether oxygens (including phenoxy) is 1. The number of allylic oxidation sites excluding steroid dienone is 1. The van der Waals surface area contributed by atoms with Gasteiger partial charge in [0.2, 0.25) is 17.7 Å². The van der Waals surface area contributed by atoms with Crippen LogP contribution in [0.15, 0.2) is 66.6 Å². The molecule has 9 nitrogen and oxygen atoms in total. The SMILES string of the molecule is NC(=O)C(C(=O)Nc1ccc(F)cc1)c1ccc(Oc2ncnn3ccc(C=C4CCC(N)CC4)c23)c(F)c1. The highest BCUT2D eigenvalue weighted by atomic mass is 19.1. The van der Waals surface area contributed by atoms with Gasteiger partial charge in [0.25, 0.3) is 0 Å². The van der Waals surface area contributed by atoms with Gasteiger partial charge in [-0.25, -0.2) is 13.3 Å². The monoisotopic (exact) mass is 532 g/mol. The van der Waals surface area contributed by atoms with Crippen LogP contribution in [0.4, 0.5) is 14.5 Å². The topological polar surface area (TPSA) is 138 Å². The molecular weight excluding hydrogens is 506 g/mol. The molecule has 1 aliphatic rings. The van der Waals surface area contributed by atoms with Gasteiger partial charge >= 0.3 is 0 Å². The molecule has 2 aromatic carbocycles. The standard InChI is InChI=1S/C28H26F2N6O3/c29-19-4-8-21(9-5-19)35-27(38)24(26(32)37)17-3-10-23(22(30)14-17)39-28-25-18(11-12-36(25)34-15-33-28)13-16-1-6-20(31)7-2-16/h3-5,8-15,20,24H,1-2,6-7,31H2,(H2,32,37)(H,35,38). The van der Waals surface area contributed by atoms with Crippen molar-refractivity contribution in [2.24, 2.45) is 11.5 Å². The maximum absolute atomic E-state index is 15.2. The molecule has 4 aromatic rings. The van der Waals surface area contributed by atoms with Gasteiger partial charge in [0.1, 0.15) is 23.6 Å². The third-order valence-electron chi connectivity index (χ3n) is 6.64. The summed E-state index contributed by atoms with van der Waals surface area (Å²) in [6, 6.07) is 10.8. The Labute approximate surface area is 222 Å². The molecule has 0 aliphatic heterocycles. The van der Waals surface area contributed by atoms with Crippen molar-refractivity contribution in [2.75, 3.05) is 5.32 Å². The smallest absolute Gasteiger partial charge is 0.247 e. The fourth-order valence-electron chi connectivity index (χ4n) is 4.59. The van der Waals surface area contributed by atoms with Crippen LogP contribution in [0, 0.1) is 11.6 Å². The number of hydrogen-bond donors (Lipinski definition) is 3. The molecule has 2 aromatic heterocycles. The van der Waals surface area contributed by atoms with Gasteiger partial charge in [0.15, 0.2) is 11.6 Å². The number of primary amides is 1. The number of nitrogens with zero attached hydrogens (tertiary/aromatic N) is 3. The molecule has 200 valence electrons. The normalized spacial score (nSPS) is 16.1. The maximum Gasteiger partial charge on any atom is 0.247 e. The quantitative estimate of drug-likeness (QED) is 0.304. The second kappa shape index (κ2) is 11.0. The Balaban J connectivity index is 1.40. The molecule has 0 spiro atoms. The highest BCUT2D eigenvalue weighted by molar-refractivity contribution is 6.10. The van der Waals surface area contributed by atoms with Crippen LogP contribution in [-0.2, 0) is 9.59 Å². The highest BCUT2D eigenvalue weighted by Gasteiger charge is 2.28. The fourth-order valence-corrected chi connectivity index (χ4v) is 4.59. The Bertz CT molecular complexity index is 1560. The third kappa shape index (κ3) is 5.78. The highest BCUT2D eigenvalue weighted by Crippen LogP contribution is 2.33. The van der Waals surface area contributed by atoms with E-state index in [9.17, 15) is 14.0 Å². The molecule has 2 amide bonds. The Hall–Kier alpha value is -4.64. The molecule has 0 saturated heterocycles. The van der Waals surface area contributed by atoms with E-state index >= 15 is 4.39 Å². The van der Waals surface area contributed by atoms with Gasteiger partial charge in [0.05, 0.1) is 0 Å². The molecule has 0 bridgehead atoms. The Morgan fingerprint density at radius 3 is 2.54 bits per heavy atom. The number of amides is 2. The van der Waals surface area contributed by atoms with Crippen molar-refractivity contribution in [1.82, 2.24) is 14.6 Å². The van der Waals surface area contributed by atoms with E-state index < -0.39 is 29.4 Å². The van der Waals surface area contributed by atoms with Gasteiger partial charge in [-0.2, -0.15) is 10.1 Å². The van der Waals surface area contributed by atoms with E-state index in [4.69, 9.17) is 16.2 Å². The summed E-state index contributed by atoms with van der Waals surface area (Å²) < 4.78 is 35.8. The first-order valence-corrected chi connectivity index (χ1v) is 12.4. The van der Waals surface area contributed by atoms with Gasteiger partial charge in [-0.05, 0) is 73.7 Å². The van der Waals surface area contributed by atoms with Crippen LogP contribution in [0.2, 0.25) is 0 Å². The van der Waals surface area contributed by atoms with Gasteiger partial charge < -0.3 is 21.5 Å². The van der Waals surface area contributed by atoms with E-state index in [1.165, 1.54) is 36.2 Å². The third-order valence-corrected chi connectivity index (χ3v) is 6.64. The number of carbonyl (C=O) groups is 2. The van der Waals surface area contributed by atoms with Crippen molar-refractivity contribution in [3.8, 4) is 11.6 Å². The summed E-state index contributed by atoms with van der Waals surface area (Å²) in [6.07, 6.45) is 8.76. The van der Waals surface area contributed by atoms with E-state index in [1.807, 2.05) is 6.07 Å². The number of nitrogens with two attached hydrogens (primary N) is 2. The molecule has 11 heteroatoms. The minimum Gasteiger partial charge on any atom is -0.434 e. The molecule has 0 radical (unpaired) electrons. The summed E-state index contributed by atoms with van der Waals surface area (Å²) in [5.74, 6) is -4.58. The van der Waals surface area contributed by atoms with Crippen LogP contribution in [0.5, 0.6) is 11.6 Å². The second-order valence-electron chi connectivity index (χ2n) is 9.39. The van der Waals surface area contributed by atoms with Crippen molar-refractivity contribution in [3.05, 3.63) is 89.4 Å². The van der Waals surface area contributed by atoms with Gasteiger partial charge in [0, 0.05) is 23.5 Å². The van der Waals surface area contributed by atoms with Crippen LogP contribution in [-0.4, -0.2) is 32.5 Å². The minimum atomic E-state index is -1.49. The summed E-state index contributed by atoms with van der Waals surface area (Å²) in [6.45, 7) is 0. The summed E-state index contributed by atoms with van der Waals surface area (Å²) in [4.78, 5) is 29.1. The van der Waals surface area contributed by atoms with Crippen molar-refractivity contribution >= 4 is 29.1 Å². The molecule has 1 fully saturated rings. The van der Waals surface area contributed by atoms with Crippen molar-refractivity contribution in [3.63, 3.8) is 0 Å². The summed E-state index contributed by atoms with van der Waals surface area (Å²) in [5.41, 5.74) is 14.4. The first-order valence-electron chi connectivity index (χ1n) is 12.4.